The minimum absolute atomic E-state index is 1.08. The highest BCUT2D eigenvalue weighted by Gasteiger charge is 2.00. The van der Waals surface area contributed by atoms with Gasteiger partial charge in [0.25, 0.3) is 0 Å². The van der Waals surface area contributed by atoms with Gasteiger partial charge in [0.2, 0.25) is 0 Å². The molecule has 0 heteroatoms. The minimum Gasteiger partial charge on any atom is -0.115 e. The Morgan fingerprint density at radius 3 is 2.71 bits per heavy atom. The summed E-state index contributed by atoms with van der Waals surface area (Å²) in [6.07, 6.45) is 8.14. The van der Waals surface area contributed by atoms with E-state index in [4.69, 9.17) is 6.42 Å². The Kier molecular flexibility index (Phi) is 3.54. The average molecular weight is 184 g/mol. The number of hydrogen-bond acceptors (Lipinski definition) is 0. The molecule has 0 N–H and O–H groups in total. The van der Waals surface area contributed by atoms with E-state index in [1.54, 1.807) is 0 Å². The van der Waals surface area contributed by atoms with Crippen molar-refractivity contribution in [2.75, 3.05) is 0 Å². The van der Waals surface area contributed by atoms with Crippen LogP contribution in [0.25, 0.3) is 5.57 Å². The van der Waals surface area contributed by atoms with Gasteiger partial charge in [0.1, 0.15) is 0 Å². The summed E-state index contributed by atoms with van der Waals surface area (Å²) in [6, 6.07) is 6.54. The zero-order chi connectivity index (χ0) is 10.6. The summed E-state index contributed by atoms with van der Waals surface area (Å²) in [5, 5.41) is 0. The Morgan fingerprint density at radius 2 is 2.21 bits per heavy atom. The van der Waals surface area contributed by atoms with Crippen molar-refractivity contribution in [3.63, 3.8) is 0 Å². The molecule has 0 atom stereocenters. The Bertz CT molecular complexity index is 389. The number of terminal acetylenes is 1. The zero-order valence-electron chi connectivity index (χ0n) is 9.09. The summed E-state index contributed by atoms with van der Waals surface area (Å²) < 4.78 is 0. The SMILES string of the molecule is C#C/C=C(/C)c1ccc(CC)cc1C. The van der Waals surface area contributed by atoms with Crippen LogP contribution in [0.4, 0.5) is 0 Å². The lowest BCUT2D eigenvalue weighted by molar-refractivity contribution is 1.13. The van der Waals surface area contributed by atoms with Crippen molar-refractivity contribution in [1.29, 1.82) is 0 Å². The maximum absolute atomic E-state index is 5.25. The molecule has 0 saturated carbocycles. The van der Waals surface area contributed by atoms with Gasteiger partial charge in [-0.15, -0.1) is 6.42 Å². The first-order valence-corrected chi connectivity index (χ1v) is 4.91. The lowest BCUT2D eigenvalue weighted by Gasteiger charge is -2.07. The molecule has 0 aliphatic rings. The molecule has 1 aromatic carbocycles. The molecule has 1 rings (SSSR count). The van der Waals surface area contributed by atoms with E-state index in [1.807, 2.05) is 13.0 Å². The maximum atomic E-state index is 5.25. The average Bonchev–Trinajstić information content (AvgIpc) is 2.17. The van der Waals surface area contributed by atoms with Crippen LogP contribution in [0.1, 0.15) is 30.5 Å². The number of benzene rings is 1. The molecule has 0 aliphatic carbocycles. The van der Waals surface area contributed by atoms with Crippen LogP contribution in [-0.2, 0) is 6.42 Å². The molecule has 0 unspecified atom stereocenters. The number of allylic oxidation sites excluding steroid dienone is 2. The second-order valence-corrected chi connectivity index (χ2v) is 3.50. The highest BCUT2D eigenvalue weighted by molar-refractivity contribution is 5.68. The van der Waals surface area contributed by atoms with E-state index >= 15 is 0 Å². The molecule has 1 aromatic rings. The molecule has 0 saturated heterocycles. The largest absolute Gasteiger partial charge is 0.115 e. The summed E-state index contributed by atoms with van der Waals surface area (Å²) in [4.78, 5) is 0. The van der Waals surface area contributed by atoms with Crippen LogP contribution in [0.2, 0.25) is 0 Å². The summed E-state index contributed by atoms with van der Waals surface area (Å²) in [5.41, 5.74) is 5.08. The second kappa shape index (κ2) is 4.67. The van der Waals surface area contributed by atoms with E-state index in [-0.39, 0.29) is 0 Å². The van der Waals surface area contributed by atoms with Gasteiger partial charge in [0, 0.05) is 0 Å². The van der Waals surface area contributed by atoms with Crippen molar-refractivity contribution in [2.45, 2.75) is 27.2 Å². The van der Waals surface area contributed by atoms with E-state index in [1.165, 1.54) is 16.7 Å². The molecule has 14 heavy (non-hydrogen) atoms. The van der Waals surface area contributed by atoms with Crippen molar-refractivity contribution in [2.24, 2.45) is 0 Å². The Labute approximate surface area is 86.7 Å². The Hall–Kier alpha value is -1.48. The number of aryl methyl sites for hydroxylation is 2. The molecular formula is C14H16. The van der Waals surface area contributed by atoms with Crippen LogP contribution in [0.3, 0.4) is 0 Å². The van der Waals surface area contributed by atoms with Gasteiger partial charge in [-0.25, -0.2) is 0 Å². The van der Waals surface area contributed by atoms with Gasteiger partial charge in [-0.1, -0.05) is 31.0 Å². The van der Waals surface area contributed by atoms with Gasteiger partial charge < -0.3 is 0 Å². The molecular weight excluding hydrogens is 168 g/mol. The molecule has 0 radical (unpaired) electrons. The first-order valence-electron chi connectivity index (χ1n) is 4.91. The van der Waals surface area contributed by atoms with Crippen LogP contribution in [0, 0.1) is 19.3 Å². The molecule has 0 aliphatic heterocycles. The van der Waals surface area contributed by atoms with Gasteiger partial charge in [0.15, 0.2) is 0 Å². The third-order valence-electron chi connectivity index (χ3n) is 2.42. The first kappa shape index (κ1) is 10.6. The van der Waals surface area contributed by atoms with Crippen molar-refractivity contribution < 1.29 is 0 Å². The van der Waals surface area contributed by atoms with Crippen LogP contribution >= 0.6 is 0 Å². The van der Waals surface area contributed by atoms with Gasteiger partial charge >= 0.3 is 0 Å². The molecule has 0 nitrogen and oxygen atoms in total. The Morgan fingerprint density at radius 1 is 1.50 bits per heavy atom. The van der Waals surface area contributed by atoms with Crippen molar-refractivity contribution in [3.05, 3.63) is 41.0 Å². The molecule has 0 spiro atoms. The monoisotopic (exact) mass is 184 g/mol. The van der Waals surface area contributed by atoms with Crippen molar-refractivity contribution in [3.8, 4) is 12.3 Å². The fraction of sp³-hybridized carbons (Fsp3) is 0.286. The fourth-order valence-corrected chi connectivity index (χ4v) is 1.59. The second-order valence-electron chi connectivity index (χ2n) is 3.50. The summed E-state index contributed by atoms with van der Waals surface area (Å²) in [7, 11) is 0. The van der Waals surface area contributed by atoms with Crippen LogP contribution in [0.5, 0.6) is 0 Å². The lowest BCUT2D eigenvalue weighted by atomic mass is 9.98. The summed E-state index contributed by atoms with van der Waals surface area (Å²) in [6.45, 7) is 6.34. The van der Waals surface area contributed by atoms with Crippen LogP contribution in [0.15, 0.2) is 24.3 Å². The zero-order valence-corrected chi connectivity index (χ0v) is 9.09. The smallest absolute Gasteiger partial charge is 0.00862 e. The molecule has 72 valence electrons. The van der Waals surface area contributed by atoms with Gasteiger partial charge in [-0.3, -0.25) is 0 Å². The van der Waals surface area contributed by atoms with Gasteiger partial charge in [0.05, 0.1) is 0 Å². The standard InChI is InChI=1S/C14H16/c1-5-7-11(3)14-9-8-13(6-2)10-12(14)4/h1,7-10H,6H2,2-4H3/b11-7-. The van der Waals surface area contributed by atoms with E-state index < -0.39 is 0 Å². The third-order valence-corrected chi connectivity index (χ3v) is 2.42. The maximum Gasteiger partial charge on any atom is -0.00862 e. The fourth-order valence-electron chi connectivity index (χ4n) is 1.59. The predicted octanol–water partition coefficient (Wildman–Crippen LogP) is 3.59. The lowest BCUT2D eigenvalue weighted by Crippen LogP contribution is -1.88. The summed E-state index contributed by atoms with van der Waals surface area (Å²) >= 11 is 0. The first-order chi connectivity index (χ1) is 6.69. The van der Waals surface area contributed by atoms with Crippen molar-refractivity contribution >= 4 is 5.57 Å². The third kappa shape index (κ3) is 2.26. The van der Waals surface area contributed by atoms with E-state index in [9.17, 15) is 0 Å². The predicted molar refractivity (Wildman–Crippen MR) is 63.0 cm³/mol. The van der Waals surface area contributed by atoms with E-state index in [0.717, 1.165) is 12.0 Å². The minimum atomic E-state index is 1.08. The normalized spacial score (nSPS) is 11.1. The molecule has 0 fully saturated rings. The van der Waals surface area contributed by atoms with E-state index in [0.29, 0.717) is 0 Å². The van der Waals surface area contributed by atoms with Crippen LogP contribution in [-0.4, -0.2) is 0 Å². The van der Waals surface area contributed by atoms with Crippen LogP contribution < -0.4 is 0 Å². The number of hydrogen-bond donors (Lipinski definition) is 0. The molecule has 0 amide bonds. The number of rotatable bonds is 2. The van der Waals surface area contributed by atoms with Gasteiger partial charge in [-0.05, 0) is 48.6 Å². The summed E-state index contributed by atoms with van der Waals surface area (Å²) in [5.74, 6) is 2.56. The Balaban J connectivity index is 3.13. The topological polar surface area (TPSA) is 0 Å². The molecule has 0 bridgehead atoms. The quantitative estimate of drug-likeness (QED) is 0.616. The highest BCUT2D eigenvalue weighted by atomic mass is 14.0. The molecule has 0 heterocycles. The van der Waals surface area contributed by atoms with Crippen molar-refractivity contribution in [1.82, 2.24) is 0 Å². The van der Waals surface area contributed by atoms with Gasteiger partial charge in [-0.2, -0.15) is 0 Å². The highest BCUT2D eigenvalue weighted by Crippen LogP contribution is 2.19. The van der Waals surface area contributed by atoms with E-state index in [2.05, 4.69) is 38.0 Å². The molecule has 0 aromatic heterocycles.